The van der Waals surface area contributed by atoms with E-state index in [0.717, 1.165) is 39.0 Å². The number of rotatable bonds is 19. The first-order valence-corrected chi connectivity index (χ1v) is 11.3. The Morgan fingerprint density at radius 2 is 1.19 bits per heavy atom. The molecular weight excluding hydrogens is 320 g/mol. The second-order valence-electron chi connectivity index (χ2n) is 7.71. The molecule has 0 saturated carbocycles. The Labute approximate surface area is 164 Å². The number of carbonyl (C=O) groups is 1. The van der Waals surface area contributed by atoms with Crippen molar-refractivity contribution in [1.29, 1.82) is 0 Å². The Morgan fingerprint density at radius 3 is 1.77 bits per heavy atom. The second-order valence-corrected chi connectivity index (χ2v) is 7.71. The average Bonchev–Trinajstić information content (AvgIpc) is 2.63. The zero-order valence-electron chi connectivity index (χ0n) is 18.1. The van der Waals surface area contributed by atoms with E-state index in [9.17, 15) is 4.79 Å². The van der Waals surface area contributed by atoms with Gasteiger partial charge in [-0.25, -0.2) is 0 Å². The van der Waals surface area contributed by atoms with Crippen molar-refractivity contribution in [2.24, 2.45) is 0 Å². The lowest BCUT2D eigenvalue weighted by atomic mass is 10.1. The number of hydrogen-bond donors (Lipinski definition) is 1. The summed E-state index contributed by atoms with van der Waals surface area (Å²) in [6.07, 6.45) is 16.7. The molecule has 0 atom stereocenters. The fourth-order valence-electron chi connectivity index (χ4n) is 3.22. The number of carbonyl (C=O) groups excluding carboxylic acids is 1. The van der Waals surface area contributed by atoms with Gasteiger partial charge in [-0.05, 0) is 39.3 Å². The van der Waals surface area contributed by atoms with Crippen LogP contribution in [0.5, 0.6) is 0 Å². The molecule has 0 aromatic heterocycles. The number of unbranched alkanes of at least 4 members (excludes halogenated alkanes) is 10. The normalized spacial score (nSPS) is 10.9. The molecule has 0 aromatic carbocycles. The molecule has 0 bridgehead atoms. The minimum Gasteiger partial charge on any atom is -0.339 e. The lowest BCUT2D eigenvalue weighted by molar-refractivity contribution is -0.127. The van der Waals surface area contributed by atoms with Crippen molar-refractivity contribution >= 4 is 5.91 Å². The Hall–Kier alpha value is -0.830. The average molecular weight is 367 g/mol. The molecule has 1 N–H and O–H groups in total. The van der Waals surface area contributed by atoms with E-state index in [4.69, 9.17) is 0 Å². The zero-order valence-corrected chi connectivity index (χ0v) is 18.1. The van der Waals surface area contributed by atoms with Crippen LogP contribution in [-0.4, -0.2) is 37.0 Å². The van der Waals surface area contributed by atoms with Gasteiger partial charge in [0.1, 0.15) is 0 Å². The van der Waals surface area contributed by atoms with E-state index in [-0.39, 0.29) is 5.91 Å². The number of hydrogen-bond acceptors (Lipinski definition) is 2. The summed E-state index contributed by atoms with van der Waals surface area (Å²) in [5, 5.41) is 3.53. The quantitative estimate of drug-likeness (QED) is 0.221. The van der Waals surface area contributed by atoms with E-state index in [1.807, 2.05) is 11.8 Å². The van der Waals surface area contributed by atoms with Crippen LogP contribution in [0.1, 0.15) is 104 Å². The number of nitrogens with one attached hydrogen (secondary N) is 1. The lowest BCUT2D eigenvalue weighted by Gasteiger charge is -2.23. The predicted molar refractivity (Wildman–Crippen MR) is 116 cm³/mol. The highest BCUT2D eigenvalue weighted by Crippen LogP contribution is 2.08. The molecule has 1 amide bonds. The molecule has 154 valence electrons. The molecule has 0 rings (SSSR count). The van der Waals surface area contributed by atoms with Gasteiger partial charge in [0.25, 0.3) is 0 Å². The van der Waals surface area contributed by atoms with Gasteiger partial charge in [0, 0.05) is 18.7 Å². The predicted octanol–water partition coefficient (Wildman–Crippen LogP) is 6.09. The van der Waals surface area contributed by atoms with Crippen molar-refractivity contribution in [3.63, 3.8) is 0 Å². The molecule has 0 aliphatic rings. The summed E-state index contributed by atoms with van der Waals surface area (Å²) in [6, 6.07) is 0. The van der Waals surface area contributed by atoms with Crippen LogP contribution < -0.4 is 5.32 Å². The van der Waals surface area contributed by atoms with E-state index >= 15 is 0 Å². The summed E-state index contributed by atoms with van der Waals surface area (Å²) in [7, 11) is 0. The summed E-state index contributed by atoms with van der Waals surface area (Å²) < 4.78 is 0. The number of nitrogens with zero attached hydrogens (tertiary/aromatic N) is 1. The third-order valence-electron chi connectivity index (χ3n) is 4.92. The largest absolute Gasteiger partial charge is 0.339 e. The van der Waals surface area contributed by atoms with E-state index < -0.39 is 0 Å². The molecule has 0 radical (unpaired) electrons. The van der Waals surface area contributed by atoms with Crippen molar-refractivity contribution in [2.45, 2.75) is 104 Å². The molecule has 0 unspecified atom stereocenters. The van der Waals surface area contributed by atoms with Gasteiger partial charge in [0.05, 0.1) is 0 Å². The molecule has 0 heterocycles. The van der Waals surface area contributed by atoms with Gasteiger partial charge in [-0.1, -0.05) is 84.6 Å². The molecule has 3 heteroatoms. The maximum absolute atomic E-state index is 12.3. The Bertz CT molecular complexity index is 341. The maximum atomic E-state index is 12.3. The molecule has 0 spiro atoms. The van der Waals surface area contributed by atoms with Crippen LogP contribution in [0.4, 0.5) is 0 Å². The van der Waals surface area contributed by atoms with Crippen molar-refractivity contribution < 1.29 is 4.79 Å². The fraction of sp³-hybridized carbons (Fsp3) is 0.870. The zero-order chi connectivity index (χ0) is 19.5. The summed E-state index contributed by atoms with van der Waals surface area (Å²) in [6.45, 7) is 14.0. The van der Waals surface area contributed by atoms with Gasteiger partial charge in [-0.15, -0.1) is 0 Å². The smallest absolute Gasteiger partial charge is 0.248 e. The van der Waals surface area contributed by atoms with E-state index in [1.165, 1.54) is 70.6 Å². The van der Waals surface area contributed by atoms with Crippen LogP contribution in [0, 0.1) is 0 Å². The molecule has 0 aromatic rings. The monoisotopic (exact) mass is 366 g/mol. The van der Waals surface area contributed by atoms with Gasteiger partial charge in [0.2, 0.25) is 5.91 Å². The second kappa shape index (κ2) is 18.9. The number of amides is 1. The van der Waals surface area contributed by atoms with Gasteiger partial charge < -0.3 is 10.2 Å². The van der Waals surface area contributed by atoms with E-state index in [2.05, 4.69) is 25.7 Å². The molecular formula is C23H46N2O. The summed E-state index contributed by atoms with van der Waals surface area (Å²) >= 11 is 0. The highest BCUT2D eigenvalue weighted by molar-refractivity contribution is 5.92. The Kier molecular flexibility index (Phi) is 18.3. The van der Waals surface area contributed by atoms with Crippen LogP contribution in [0.25, 0.3) is 0 Å². The van der Waals surface area contributed by atoms with Crippen LogP contribution in [0.3, 0.4) is 0 Å². The maximum Gasteiger partial charge on any atom is 0.248 e. The van der Waals surface area contributed by atoms with Gasteiger partial charge in [0.15, 0.2) is 0 Å². The SMILES string of the molecule is C=C(C)C(=O)N(CCCCCCCC)CCCNCCCCCCCC. The Morgan fingerprint density at radius 1 is 0.731 bits per heavy atom. The third kappa shape index (κ3) is 15.4. The highest BCUT2D eigenvalue weighted by Gasteiger charge is 2.13. The van der Waals surface area contributed by atoms with Gasteiger partial charge in [-0.2, -0.15) is 0 Å². The molecule has 0 saturated heterocycles. The fourth-order valence-corrected chi connectivity index (χ4v) is 3.22. The molecule has 0 aliphatic heterocycles. The van der Waals surface area contributed by atoms with Gasteiger partial charge >= 0.3 is 0 Å². The molecule has 0 aliphatic carbocycles. The van der Waals surface area contributed by atoms with Crippen LogP contribution >= 0.6 is 0 Å². The van der Waals surface area contributed by atoms with Gasteiger partial charge in [-0.3, -0.25) is 4.79 Å². The van der Waals surface area contributed by atoms with E-state index in [0.29, 0.717) is 5.57 Å². The highest BCUT2D eigenvalue weighted by atomic mass is 16.2. The Balaban J connectivity index is 3.77. The van der Waals surface area contributed by atoms with Crippen molar-refractivity contribution in [2.75, 3.05) is 26.2 Å². The minimum atomic E-state index is 0.134. The standard InChI is InChI=1S/C23H46N2O/c1-5-7-9-11-13-15-18-24-19-17-21-25(23(26)22(3)4)20-16-14-12-10-8-6-2/h24H,3,5-21H2,1-2,4H3. The molecule has 3 nitrogen and oxygen atoms in total. The summed E-state index contributed by atoms with van der Waals surface area (Å²) in [4.78, 5) is 14.3. The van der Waals surface area contributed by atoms with Crippen LogP contribution in [0.2, 0.25) is 0 Å². The van der Waals surface area contributed by atoms with E-state index in [1.54, 1.807) is 0 Å². The van der Waals surface area contributed by atoms with Crippen LogP contribution in [-0.2, 0) is 4.79 Å². The summed E-state index contributed by atoms with van der Waals surface area (Å²) in [5.41, 5.74) is 0.663. The lowest BCUT2D eigenvalue weighted by Crippen LogP contribution is -2.34. The van der Waals surface area contributed by atoms with Crippen molar-refractivity contribution in [1.82, 2.24) is 10.2 Å². The first kappa shape index (κ1) is 25.2. The van der Waals surface area contributed by atoms with Crippen LogP contribution in [0.15, 0.2) is 12.2 Å². The first-order valence-electron chi connectivity index (χ1n) is 11.3. The molecule has 26 heavy (non-hydrogen) atoms. The molecule has 0 fully saturated rings. The third-order valence-corrected chi connectivity index (χ3v) is 4.92. The minimum absolute atomic E-state index is 0.134. The first-order chi connectivity index (χ1) is 12.6. The summed E-state index contributed by atoms with van der Waals surface area (Å²) in [5.74, 6) is 0.134. The van der Waals surface area contributed by atoms with Crippen molar-refractivity contribution in [3.05, 3.63) is 12.2 Å². The van der Waals surface area contributed by atoms with Crippen molar-refractivity contribution in [3.8, 4) is 0 Å². The topological polar surface area (TPSA) is 32.3 Å².